The van der Waals surface area contributed by atoms with Gasteiger partial charge in [-0.3, -0.25) is 0 Å². The minimum absolute atomic E-state index is 0.149. The highest BCUT2D eigenvalue weighted by Crippen LogP contribution is 2.39. The maximum atomic E-state index is 12.8. The zero-order valence-corrected chi connectivity index (χ0v) is 39.6. The van der Waals surface area contributed by atoms with Crippen molar-refractivity contribution >= 4 is 43.4 Å². The molecule has 0 spiro atoms. The summed E-state index contributed by atoms with van der Waals surface area (Å²) in [7, 11) is -5.93. The Bertz CT molecular complexity index is 2030. The van der Waals surface area contributed by atoms with Gasteiger partial charge in [-0.2, -0.15) is 13.2 Å². The minimum atomic E-state index is -4.12. The number of alkyl halides is 3. The standard InChI is InChI=1S/C53H65F3O4Si2/c1-43(28-24-25-29-44(31-27-40-50(57)58)59-61(51(2,3)4,46-32-16-11-17-33-46)47-34-18-12-19-35-47)42-45(30-15-9-8-10-26-41-53(54,55)56)60-62(52(5,6)7,48-36-20-13-21-37-48)49-38-22-14-23-39-49/h11-14,16-24,27-28,32-40,42,44-45H,8-10,15,26,30-31,41H2,1-7H3,(H,57,58)/t44-,45-/m1/s1. The summed E-state index contributed by atoms with van der Waals surface area (Å²) in [5.41, 5.74) is 0.961. The van der Waals surface area contributed by atoms with Crippen LogP contribution in [-0.2, 0) is 13.6 Å². The maximum Gasteiger partial charge on any atom is 0.389 e. The average Bonchev–Trinajstić information content (AvgIpc) is 3.22. The molecule has 4 rings (SSSR count). The van der Waals surface area contributed by atoms with E-state index >= 15 is 0 Å². The lowest BCUT2D eigenvalue weighted by Gasteiger charge is -2.45. The number of hydrogen-bond acceptors (Lipinski definition) is 3. The molecular weight excluding hydrogens is 814 g/mol. The van der Waals surface area contributed by atoms with E-state index in [1.54, 1.807) is 6.08 Å². The molecular formula is C53H65F3O4Si2. The van der Waals surface area contributed by atoms with E-state index < -0.39 is 41.3 Å². The largest absolute Gasteiger partial charge is 0.478 e. The molecule has 2 atom stereocenters. The number of benzene rings is 4. The monoisotopic (exact) mass is 878 g/mol. The van der Waals surface area contributed by atoms with Crippen molar-refractivity contribution in [3.8, 4) is 11.8 Å². The Kier molecular flexibility index (Phi) is 18.6. The topological polar surface area (TPSA) is 55.8 Å². The lowest BCUT2D eigenvalue weighted by atomic mass is 10.1. The van der Waals surface area contributed by atoms with Crippen molar-refractivity contribution in [2.45, 2.75) is 128 Å². The van der Waals surface area contributed by atoms with Crippen LogP contribution in [0.1, 0.15) is 99.8 Å². The number of hydrogen-bond donors (Lipinski definition) is 1. The first kappa shape index (κ1) is 49.9. The van der Waals surface area contributed by atoms with E-state index in [9.17, 15) is 23.1 Å². The van der Waals surface area contributed by atoms with Gasteiger partial charge in [-0.1, -0.05) is 224 Å². The van der Waals surface area contributed by atoms with Crippen LogP contribution in [0.25, 0.3) is 0 Å². The molecule has 0 fully saturated rings. The van der Waals surface area contributed by atoms with Crippen LogP contribution < -0.4 is 20.7 Å². The van der Waals surface area contributed by atoms with E-state index in [0.29, 0.717) is 12.8 Å². The predicted molar refractivity (Wildman–Crippen MR) is 255 cm³/mol. The number of rotatable bonds is 20. The Morgan fingerprint density at radius 3 is 1.48 bits per heavy atom. The summed E-state index contributed by atoms with van der Waals surface area (Å²) in [6, 6.07) is 41.6. The lowest BCUT2D eigenvalue weighted by Crippen LogP contribution is -2.67. The minimum Gasteiger partial charge on any atom is -0.478 e. The van der Waals surface area contributed by atoms with Crippen LogP contribution in [0.2, 0.25) is 10.1 Å². The third-order valence-corrected chi connectivity index (χ3v) is 21.3. The van der Waals surface area contributed by atoms with E-state index in [1.165, 1.54) is 10.4 Å². The van der Waals surface area contributed by atoms with Crippen LogP contribution in [0.15, 0.2) is 157 Å². The normalized spacial score (nSPS) is 14.1. The average molecular weight is 879 g/mol. The van der Waals surface area contributed by atoms with Gasteiger partial charge in [0.05, 0.1) is 6.10 Å². The molecule has 4 nitrogen and oxygen atoms in total. The quantitative estimate of drug-likeness (QED) is 0.0316. The molecule has 62 heavy (non-hydrogen) atoms. The van der Waals surface area contributed by atoms with Crippen LogP contribution in [-0.4, -0.2) is 46.1 Å². The zero-order chi connectivity index (χ0) is 45.3. The van der Waals surface area contributed by atoms with Crippen molar-refractivity contribution in [2.75, 3.05) is 0 Å². The fraction of sp³-hybridized carbons (Fsp3) is 0.377. The van der Waals surface area contributed by atoms with Gasteiger partial charge >= 0.3 is 12.1 Å². The Morgan fingerprint density at radius 2 is 1.06 bits per heavy atom. The summed E-state index contributed by atoms with van der Waals surface area (Å²) in [5.74, 6) is 5.56. The highest BCUT2D eigenvalue weighted by Gasteiger charge is 2.52. The zero-order valence-electron chi connectivity index (χ0n) is 37.6. The highest BCUT2D eigenvalue weighted by atomic mass is 28.4. The fourth-order valence-corrected chi connectivity index (χ4v) is 17.5. The summed E-state index contributed by atoms with van der Waals surface area (Å²) < 4.78 is 53.3. The van der Waals surface area contributed by atoms with E-state index in [2.05, 4.69) is 132 Å². The molecule has 0 aliphatic rings. The van der Waals surface area contributed by atoms with Crippen molar-refractivity contribution in [2.24, 2.45) is 0 Å². The fourth-order valence-electron chi connectivity index (χ4n) is 8.29. The van der Waals surface area contributed by atoms with Gasteiger partial charge in [0, 0.05) is 18.9 Å². The molecule has 0 radical (unpaired) electrons. The highest BCUT2D eigenvalue weighted by molar-refractivity contribution is 7.00. The predicted octanol–water partition coefficient (Wildman–Crippen LogP) is 11.7. The van der Waals surface area contributed by atoms with Crippen LogP contribution in [0, 0.1) is 11.8 Å². The van der Waals surface area contributed by atoms with Gasteiger partial charge < -0.3 is 14.0 Å². The van der Waals surface area contributed by atoms with E-state index in [4.69, 9.17) is 8.85 Å². The smallest absolute Gasteiger partial charge is 0.389 e. The van der Waals surface area contributed by atoms with Gasteiger partial charge in [0.25, 0.3) is 16.6 Å². The summed E-state index contributed by atoms with van der Waals surface area (Å²) >= 11 is 0. The Morgan fingerprint density at radius 1 is 0.645 bits per heavy atom. The molecule has 0 amide bonds. The van der Waals surface area contributed by atoms with Gasteiger partial charge in [0.2, 0.25) is 0 Å². The first-order valence-electron chi connectivity index (χ1n) is 21.8. The van der Waals surface area contributed by atoms with E-state index in [1.807, 2.05) is 67.6 Å². The molecule has 330 valence electrons. The maximum absolute atomic E-state index is 12.8. The lowest BCUT2D eigenvalue weighted by molar-refractivity contribution is -0.135. The molecule has 0 aliphatic carbocycles. The van der Waals surface area contributed by atoms with Gasteiger partial charge in [0.1, 0.15) is 6.10 Å². The molecule has 4 aromatic rings. The number of aliphatic carboxylic acids is 1. The molecule has 9 heteroatoms. The number of carboxylic acid groups (broad SMARTS) is 1. The van der Waals surface area contributed by atoms with Crippen molar-refractivity contribution in [3.63, 3.8) is 0 Å². The summed E-state index contributed by atoms with van der Waals surface area (Å²) in [6.07, 6.45) is 7.01. The van der Waals surface area contributed by atoms with Crippen molar-refractivity contribution in [1.29, 1.82) is 0 Å². The van der Waals surface area contributed by atoms with Crippen molar-refractivity contribution < 1.29 is 31.9 Å². The second kappa shape index (κ2) is 23.1. The van der Waals surface area contributed by atoms with Crippen LogP contribution in [0.4, 0.5) is 13.2 Å². The second-order valence-corrected chi connectivity index (χ2v) is 26.5. The Balaban J connectivity index is 1.71. The second-order valence-electron chi connectivity index (χ2n) is 18.0. The third-order valence-electron chi connectivity index (χ3n) is 11.2. The molecule has 0 aliphatic heterocycles. The third kappa shape index (κ3) is 14.1. The Hall–Kier alpha value is -4.73. The van der Waals surface area contributed by atoms with E-state index in [0.717, 1.165) is 41.3 Å². The molecule has 0 aromatic heterocycles. The molecule has 0 heterocycles. The Labute approximate surface area is 371 Å². The number of allylic oxidation sites excluding steroid dienone is 3. The van der Waals surface area contributed by atoms with Gasteiger partial charge in [-0.15, -0.1) is 0 Å². The van der Waals surface area contributed by atoms with Crippen LogP contribution >= 0.6 is 0 Å². The van der Waals surface area contributed by atoms with Crippen LogP contribution in [0.5, 0.6) is 0 Å². The van der Waals surface area contributed by atoms with Crippen molar-refractivity contribution in [3.05, 3.63) is 157 Å². The molecule has 4 aromatic carbocycles. The summed E-state index contributed by atoms with van der Waals surface area (Å²) in [5, 5.41) is 13.5. The SMILES string of the molecule is CC(C=CC#C[C@H](CC=CC(=O)O)O[Si](c1ccccc1)(c1ccccc1)C(C)(C)C)=C[C@@H](CCCCCCCC(F)(F)F)O[Si](c1ccccc1)(c1ccccc1)C(C)(C)C. The van der Waals surface area contributed by atoms with Gasteiger partial charge in [0.15, 0.2) is 0 Å². The van der Waals surface area contributed by atoms with Crippen molar-refractivity contribution in [1.82, 2.24) is 0 Å². The van der Waals surface area contributed by atoms with Crippen LogP contribution in [0.3, 0.4) is 0 Å². The molecule has 1 N–H and O–H groups in total. The number of carboxylic acids is 1. The molecule has 0 bridgehead atoms. The summed E-state index contributed by atoms with van der Waals surface area (Å²) in [4.78, 5) is 11.5. The van der Waals surface area contributed by atoms with Gasteiger partial charge in [-0.25, -0.2) is 4.79 Å². The molecule has 0 saturated carbocycles. The molecule has 0 saturated heterocycles. The molecule has 0 unspecified atom stereocenters. The number of halogens is 3. The van der Waals surface area contributed by atoms with E-state index in [-0.39, 0.29) is 29.0 Å². The number of unbranched alkanes of at least 4 members (excludes halogenated alkanes) is 4. The first-order chi connectivity index (χ1) is 29.4. The first-order valence-corrected chi connectivity index (χ1v) is 25.6. The van der Waals surface area contributed by atoms with Gasteiger partial charge in [-0.05, 0) is 56.7 Å². The summed E-state index contributed by atoms with van der Waals surface area (Å²) in [6.45, 7) is 15.4. The number of carbonyl (C=O) groups is 1.